The first-order chi connectivity index (χ1) is 15.5. The van der Waals surface area contributed by atoms with Crippen LogP contribution in [-0.2, 0) is 0 Å². The molecule has 0 aliphatic carbocycles. The Kier molecular flexibility index (Phi) is 5.29. The molecule has 2 saturated heterocycles. The summed E-state index contributed by atoms with van der Waals surface area (Å²) in [5.41, 5.74) is 1.95. The molecule has 0 spiro atoms. The molecule has 9 heteroatoms. The van der Waals surface area contributed by atoms with Crippen molar-refractivity contribution in [3.63, 3.8) is 0 Å². The van der Waals surface area contributed by atoms with E-state index in [4.69, 9.17) is 4.52 Å². The van der Waals surface area contributed by atoms with Gasteiger partial charge in [0.05, 0.1) is 17.8 Å². The van der Waals surface area contributed by atoms with Crippen LogP contribution in [0.4, 0.5) is 4.79 Å². The Morgan fingerprint density at radius 2 is 2.03 bits per heavy atom. The molecule has 5 rings (SSSR count). The van der Waals surface area contributed by atoms with E-state index in [0.717, 1.165) is 42.1 Å². The standard InChI is InChI=1S/C23H27N7O2/c1-15(2)30-20-12-17(5-6-18(20)14-25-30)21-26-22(32-27-21)16-7-10-28(11-8-16)23(31)29-9-3-4-19(29)13-24/h5-6,12,14-16,19H,3-4,7-11H2,1-2H3. The van der Waals surface area contributed by atoms with Crippen molar-refractivity contribution in [2.45, 2.75) is 57.5 Å². The zero-order chi connectivity index (χ0) is 22.2. The van der Waals surface area contributed by atoms with Gasteiger partial charge in [-0.1, -0.05) is 17.3 Å². The maximum Gasteiger partial charge on any atom is 0.321 e. The topological polar surface area (TPSA) is 104 Å². The molecule has 9 nitrogen and oxygen atoms in total. The summed E-state index contributed by atoms with van der Waals surface area (Å²) in [4.78, 5) is 21.0. The molecule has 2 amide bonds. The molecule has 0 radical (unpaired) electrons. The molecular weight excluding hydrogens is 406 g/mol. The van der Waals surface area contributed by atoms with Gasteiger partial charge in [-0.15, -0.1) is 0 Å². The molecule has 1 unspecified atom stereocenters. The van der Waals surface area contributed by atoms with Crippen LogP contribution in [0.3, 0.4) is 0 Å². The van der Waals surface area contributed by atoms with Crippen molar-refractivity contribution in [3.05, 3.63) is 30.3 Å². The molecule has 0 bridgehead atoms. The second-order valence-corrected chi connectivity index (χ2v) is 8.94. The summed E-state index contributed by atoms with van der Waals surface area (Å²) >= 11 is 0. The molecule has 3 aromatic rings. The number of nitrogens with zero attached hydrogens (tertiary/aromatic N) is 7. The monoisotopic (exact) mass is 433 g/mol. The van der Waals surface area contributed by atoms with E-state index in [9.17, 15) is 10.1 Å². The molecule has 0 saturated carbocycles. The molecule has 2 aromatic heterocycles. The molecule has 2 fully saturated rings. The third-order valence-electron chi connectivity index (χ3n) is 6.55. The van der Waals surface area contributed by atoms with Crippen molar-refractivity contribution >= 4 is 16.9 Å². The van der Waals surface area contributed by atoms with Gasteiger partial charge in [0, 0.05) is 42.5 Å². The molecular formula is C23H27N7O2. The number of likely N-dealkylation sites (tertiary alicyclic amines) is 2. The van der Waals surface area contributed by atoms with Gasteiger partial charge in [-0.2, -0.15) is 15.3 Å². The number of benzene rings is 1. The lowest BCUT2D eigenvalue weighted by atomic mass is 9.97. The fraction of sp³-hybridized carbons (Fsp3) is 0.522. The number of hydrogen-bond acceptors (Lipinski definition) is 6. The van der Waals surface area contributed by atoms with Crippen LogP contribution in [-0.4, -0.2) is 61.4 Å². The van der Waals surface area contributed by atoms with Crippen molar-refractivity contribution in [3.8, 4) is 17.5 Å². The number of urea groups is 1. The molecule has 4 heterocycles. The maximum atomic E-state index is 12.8. The minimum Gasteiger partial charge on any atom is -0.339 e. The first-order valence-electron chi connectivity index (χ1n) is 11.3. The molecule has 0 N–H and O–H groups in total. The molecule has 1 aromatic carbocycles. The summed E-state index contributed by atoms with van der Waals surface area (Å²) in [6.45, 7) is 6.15. The third kappa shape index (κ3) is 3.60. The highest BCUT2D eigenvalue weighted by molar-refractivity contribution is 5.83. The lowest BCUT2D eigenvalue weighted by molar-refractivity contribution is 0.138. The van der Waals surface area contributed by atoms with Crippen molar-refractivity contribution in [1.29, 1.82) is 5.26 Å². The molecule has 32 heavy (non-hydrogen) atoms. The highest BCUT2D eigenvalue weighted by Gasteiger charge is 2.34. The molecule has 2 aliphatic rings. The number of nitriles is 1. The minimum absolute atomic E-state index is 0.0196. The average Bonchev–Trinajstić information content (AvgIpc) is 3.57. The van der Waals surface area contributed by atoms with Crippen molar-refractivity contribution in [1.82, 2.24) is 29.7 Å². The van der Waals surface area contributed by atoms with Gasteiger partial charge in [0.2, 0.25) is 11.7 Å². The van der Waals surface area contributed by atoms with E-state index in [1.165, 1.54) is 0 Å². The molecule has 166 valence electrons. The zero-order valence-electron chi connectivity index (χ0n) is 18.4. The van der Waals surface area contributed by atoms with Crippen LogP contribution in [0.2, 0.25) is 0 Å². The van der Waals surface area contributed by atoms with Crippen LogP contribution in [0.1, 0.15) is 57.4 Å². The van der Waals surface area contributed by atoms with Crippen molar-refractivity contribution in [2.75, 3.05) is 19.6 Å². The summed E-state index contributed by atoms with van der Waals surface area (Å²) in [6.07, 6.45) is 5.09. The number of piperidine rings is 1. The van der Waals surface area contributed by atoms with E-state index in [1.54, 1.807) is 4.90 Å². The van der Waals surface area contributed by atoms with Crippen LogP contribution in [0.15, 0.2) is 28.9 Å². The summed E-state index contributed by atoms with van der Waals surface area (Å²) in [5, 5.41) is 19.0. The minimum atomic E-state index is -0.289. The highest BCUT2D eigenvalue weighted by Crippen LogP contribution is 2.31. The number of hydrogen-bond donors (Lipinski definition) is 0. The Hall–Kier alpha value is -3.41. The van der Waals surface area contributed by atoms with Crippen LogP contribution in [0.5, 0.6) is 0 Å². The van der Waals surface area contributed by atoms with E-state index < -0.39 is 0 Å². The number of aromatic nitrogens is 4. The number of carbonyl (C=O) groups is 1. The first kappa shape index (κ1) is 20.5. The average molecular weight is 434 g/mol. The predicted octanol–water partition coefficient (Wildman–Crippen LogP) is 3.95. The van der Waals surface area contributed by atoms with Gasteiger partial charge in [0.15, 0.2) is 0 Å². The van der Waals surface area contributed by atoms with E-state index in [0.29, 0.717) is 31.3 Å². The highest BCUT2D eigenvalue weighted by atomic mass is 16.5. The van der Waals surface area contributed by atoms with E-state index in [2.05, 4.69) is 41.2 Å². The quantitative estimate of drug-likeness (QED) is 0.619. The Balaban J connectivity index is 1.27. The van der Waals surface area contributed by atoms with E-state index in [-0.39, 0.29) is 24.0 Å². The number of fused-ring (bicyclic) bond motifs is 1. The number of carbonyl (C=O) groups excluding carboxylic acids is 1. The molecule has 1 atom stereocenters. The number of amides is 2. The van der Waals surface area contributed by atoms with Gasteiger partial charge < -0.3 is 14.3 Å². The Labute approximate surface area is 186 Å². The smallest absolute Gasteiger partial charge is 0.321 e. The zero-order valence-corrected chi connectivity index (χ0v) is 18.4. The van der Waals surface area contributed by atoms with E-state index in [1.807, 2.05) is 27.9 Å². The SMILES string of the molecule is CC(C)n1ncc2ccc(-c3noc(C4CCN(C(=O)N5CCCC5C#N)CC4)n3)cc21. The van der Waals surface area contributed by atoms with Crippen LogP contribution in [0, 0.1) is 11.3 Å². The lowest BCUT2D eigenvalue weighted by Crippen LogP contribution is -2.47. The number of rotatable bonds is 3. The second kappa shape index (κ2) is 8.26. The maximum absolute atomic E-state index is 12.8. The second-order valence-electron chi connectivity index (χ2n) is 8.94. The van der Waals surface area contributed by atoms with Crippen LogP contribution < -0.4 is 0 Å². The lowest BCUT2D eigenvalue weighted by Gasteiger charge is -2.34. The largest absolute Gasteiger partial charge is 0.339 e. The fourth-order valence-electron chi connectivity index (χ4n) is 4.74. The van der Waals surface area contributed by atoms with Gasteiger partial charge in [-0.3, -0.25) is 4.68 Å². The predicted molar refractivity (Wildman–Crippen MR) is 118 cm³/mol. The molecule has 2 aliphatic heterocycles. The summed E-state index contributed by atoms with van der Waals surface area (Å²) in [5.74, 6) is 1.34. The Morgan fingerprint density at radius 1 is 1.22 bits per heavy atom. The summed E-state index contributed by atoms with van der Waals surface area (Å²) in [6, 6.07) is 8.28. The van der Waals surface area contributed by atoms with Gasteiger partial charge in [0.1, 0.15) is 6.04 Å². The van der Waals surface area contributed by atoms with Crippen LogP contribution >= 0.6 is 0 Å². The first-order valence-corrected chi connectivity index (χ1v) is 11.3. The van der Waals surface area contributed by atoms with Crippen molar-refractivity contribution < 1.29 is 9.32 Å². The fourth-order valence-corrected chi connectivity index (χ4v) is 4.74. The third-order valence-corrected chi connectivity index (χ3v) is 6.55. The van der Waals surface area contributed by atoms with Gasteiger partial charge in [0.25, 0.3) is 0 Å². The van der Waals surface area contributed by atoms with Crippen molar-refractivity contribution in [2.24, 2.45) is 0 Å². The summed E-state index contributed by atoms with van der Waals surface area (Å²) < 4.78 is 7.61. The van der Waals surface area contributed by atoms with Gasteiger partial charge in [-0.05, 0) is 45.6 Å². The van der Waals surface area contributed by atoms with Gasteiger partial charge >= 0.3 is 6.03 Å². The normalized spacial score (nSPS) is 19.8. The van der Waals surface area contributed by atoms with Gasteiger partial charge in [-0.25, -0.2) is 4.79 Å². The van der Waals surface area contributed by atoms with Crippen LogP contribution in [0.25, 0.3) is 22.3 Å². The van der Waals surface area contributed by atoms with E-state index >= 15 is 0 Å². The summed E-state index contributed by atoms with van der Waals surface area (Å²) in [7, 11) is 0. The Morgan fingerprint density at radius 3 is 2.78 bits per heavy atom. The Bertz CT molecular complexity index is 1170.